The van der Waals surface area contributed by atoms with Crippen LogP contribution >= 0.6 is 0 Å². The van der Waals surface area contributed by atoms with Gasteiger partial charge in [-0.3, -0.25) is 9.59 Å². The second-order valence-corrected chi connectivity index (χ2v) is 8.01. The Hall–Kier alpha value is -3.35. The number of rotatable bonds is 6. The maximum atomic E-state index is 13.0. The highest BCUT2D eigenvalue weighted by Crippen LogP contribution is 2.26. The summed E-state index contributed by atoms with van der Waals surface area (Å²) in [6.45, 7) is 6.41. The molecule has 1 fully saturated rings. The van der Waals surface area contributed by atoms with Gasteiger partial charge in [0.2, 0.25) is 5.91 Å². The molecule has 1 N–H and O–H groups in total. The van der Waals surface area contributed by atoms with Crippen molar-refractivity contribution < 1.29 is 9.53 Å². The third-order valence-corrected chi connectivity index (χ3v) is 5.67. The lowest BCUT2D eigenvalue weighted by Crippen LogP contribution is -2.37. The van der Waals surface area contributed by atoms with Gasteiger partial charge in [-0.15, -0.1) is 0 Å². The van der Waals surface area contributed by atoms with E-state index in [-0.39, 0.29) is 18.0 Å². The summed E-state index contributed by atoms with van der Waals surface area (Å²) >= 11 is 0. The van der Waals surface area contributed by atoms with E-state index in [0.717, 1.165) is 42.9 Å². The van der Waals surface area contributed by atoms with Crippen molar-refractivity contribution in [2.45, 2.75) is 33.2 Å². The molecule has 0 bridgehead atoms. The number of benzene rings is 2. The molecule has 1 aliphatic rings. The Bertz CT molecular complexity index is 1120. The van der Waals surface area contributed by atoms with Gasteiger partial charge in [-0.25, -0.2) is 4.68 Å². The normalized spacial score (nSPS) is 14.6. The van der Waals surface area contributed by atoms with Crippen LogP contribution in [0, 0.1) is 5.92 Å². The van der Waals surface area contributed by atoms with E-state index in [0.29, 0.717) is 23.6 Å². The first kappa shape index (κ1) is 20.9. The molecular weight excluding hydrogens is 392 g/mol. The van der Waals surface area contributed by atoms with E-state index in [1.807, 2.05) is 25.1 Å². The van der Waals surface area contributed by atoms with E-state index in [2.05, 4.69) is 22.2 Å². The molecule has 0 spiro atoms. The Kier molecular flexibility index (Phi) is 6.21. The van der Waals surface area contributed by atoms with Crippen molar-refractivity contribution in [3.05, 3.63) is 58.9 Å². The van der Waals surface area contributed by atoms with Gasteiger partial charge in [0.25, 0.3) is 5.56 Å². The van der Waals surface area contributed by atoms with Crippen molar-refractivity contribution in [2.24, 2.45) is 5.92 Å². The first-order chi connectivity index (χ1) is 15.0. The number of hydrogen-bond acceptors (Lipinski definition) is 5. The highest BCUT2D eigenvalue weighted by Gasteiger charge is 2.21. The van der Waals surface area contributed by atoms with Gasteiger partial charge in [-0.05, 0) is 56.0 Å². The van der Waals surface area contributed by atoms with Crippen molar-refractivity contribution in [1.29, 1.82) is 0 Å². The summed E-state index contributed by atoms with van der Waals surface area (Å²) in [5.41, 5.74) is 0.388. The number of carbonyl (C=O) groups excluding carboxylic acids is 1. The molecule has 1 saturated heterocycles. The minimum atomic E-state index is -0.299. The predicted octanol–water partition coefficient (Wildman–Crippen LogP) is 3.67. The Labute approximate surface area is 181 Å². The van der Waals surface area contributed by atoms with Crippen molar-refractivity contribution >= 4 is 28.2 Å². The molecule has 7 nitrogen and oxygen atoms in total. The summed E-state index contributed by atoms with van der Waals surface area (Å²) in [5, 5.41) is 8.87. The molecule has 0 aliphatic carbocycles. The largest absolute Gasteiger partial charge is 0.494 e. The van der Waals surface area contributed by atoms with Gasteiger partial charge in [0.05, 0.1) is 12.0 Å². The molecule has 0 saturated carbocycles. The number of nitrogens with one attached hydrogen (secondary N) is 1. The fourth-order valence-corrected chi connectivity index (χ4v) is 3.92. The molecule has 0 radical (unpaired) electrons. The summed E-state index contributed by atoms with van der Waals surface area (Å²) in [7, 11) is 0. The summed E-state index contributed by atoms with van der Waals surface area (Å²) < 4.78 is 6.70. The van der Waals surface area contributed by atoms with Gasteiger partial charge in [-0.1, -0.05) is 25.1 Å². The molecule has 7 heteroatoms. The first-order valence-corrected chi connectivity index (χ1v) is 10.8. The number of carbonyl (C=O) groups is 1. The Morgan fingerprint density at radius 2 is 1.77 bits per heavy atom. The smallest absolute Gasteiger partial charge is 0.275 e. The van der Waals surface area contributed by atoms with Crippen LogP contribution in [0.5, 0.6) is 5.75 Å². The molecule has 0 unspecified atom stereocenters. The molecule has 31 heavy (non-hydrogen) atoms. The van der Waals surface area contributed by atoms with Crippen LogP contribution in [-0.2, 0) is 11.3 Å². The number of ether oxygens (including phenoxy) is 1. The van der Waals surface area contributed by atoms with E-state index in [1.165, 1.54) is 4.68 Å². The predicted molar refractivity (Wildman–Crippen MR) is 123 cm³/mol. The Morgan fingerprint density at radius 1 is 1.10 bits per heavy atom. The average Bonchev–Trinajstić information content (AvgIpc) is 2.78. The Morgan fingerprint density at radius 3 is 2.45 bits per heavy atom. The van der Waals surface area contributed by atoms with Crippen LogP contribution in [-0.4, -0.2) is 35.4 Å². The summed E-state index contributed by atoms with van der Waals surface area (Å²) in [6, 6.07) is 14.7. The highest BCUT2D eigenvalue weighted by atomic mass is 16.5. The zero-order valence-electron chi connectivity index (χ0n) is 18.0. The van der Waals surface area contributed by atoms with Crippen LogP contribution in [0.3, 0.4) is 0 Å². The van der Waals surface area contributed by atoms with Crippen LogP contribution in [0.2, 0.25) is 0 Å². The van der Waals surface area contributed by atoms with Gasteiger partial charge in [-0.2, -0.15) is 5.10 Å². The molecule has 1 aliphatic heterocycles. The number of hydrogen-bond donors (Lipinski definition) is 1. The number of piperidine rings is 1. The molecule has 2 aromatic carbocycles. The molecule has 2 heterocycles. The minimum absolute atomic E-state index is 0.145. The second-order valence-electron chi connectivity index (χ2n) is 8.01. The number of aromatic nitrogens is 2. The summed E-state index contributed by atoms with van der Waals surface area (Å²) in [6.07, 6.45) is 2.18. The minimum Gasteiger partial charge on any atom is -0.494 e. The molecule has 4 rings (SSSR count). The number of anilines is 2. The van der Waals surface area contributed by atoms with Gasteiger partial charge in [0.15, 0.2) is 5.82 Å². The number of amides is 1. The summed E-state index contributed by atoms with van der Waals surface area (Å²) in [5.74, 6) is 1.91. The standard InChI is InChI=1S/C24H28N4O3/c1-3-31-19-10-8-18(9-11-19)25-22(29)16-28-24(30)21-7-5-4-6-20(21)23(26-28)27-14-12-17(2)13-15-27/h4-11,17H,3,12-16H2,1-2H3,(H,25,29). The quantitative estimate of drug-likeness (QED) is 0.658. The van der Waals surface area contributed by atoms with E-state index >= 15 is 0 Å². The van der Waals surface area contributed by atoms with E-state index in [9.17, 15) is 9.59 Å². The first-order valence-electron chi connectivity index (χ1n) is 10.8. The van der Waals surface area contributed by atoms with Crippen molar-refractivity contribution in [1.82, 2.24) is 9.78 Å². The van der Waals surface area contributed by atoms with Crippen LogP contribution in [0.1, 0.15) is 26.7 Å². The average molecular weight is 421 g/mol. The highest BCUT2D eigenvalue weighted by molar-refractivity contribution is 5.93. The maximum Gasteiger partial charge on any atom is 0.275 e. The number of fused-ring (bicyclic) bond motifs is 1. The van der Waals surface area contributed by atoms with Crippen LogP contribution in [0.4, 0.5) is 11.5 Å². The fourth-order valence-electron chi connectivity index (χ4n) is 3.92. The van der Waals surface area contributed by atoms with E-state index in [4.69, 9.17) is 4.74 Å². The van der Waals surface area contributed by atoms with E-state index < -0.39 is 0 Å². The van der Waals surface area contributed by atoms with Crippen molar-refractivity contribution in [3.63, 3.8) is 0 Å². The molecule has 1 amide bonds. The van der Waals surface area contributed by atoms with Gasteiger partial charge in [0, 0.05) is 24.2 Å². The zero-order valence-corrected chi connectivity index (χ0v) is 18.0. The van der Waals surface area contributed by atoms with E-state index in [1.54, 1.807) is 30.3 Å². The third kappa shape index (κ3) is 4.71. The second kappa shape index (κ2) is 9.20. The topological polar surface area (TPSA) is 76.5 Å². The third-order valence-electron chi connectivity index (χ3n) is 5.67. The fraction of sp³-hybridized carbons (Fsp3) is 0.375. The molecule has 0 atom stereocenters. The molecule has 162 valence electrons. The molecule has 1 aromatic heterocycles. The molecular formula is C24H28N4O3. The zero-order chi connectivity index (χ0) is 21.8. The SMILES string of the molecule is CCOc1ccc(NC(=O)Cn2nc(N3CCC(C)CC3)c3ccccc3c2=O)cc1. The van der Waals surface area contributed by atoms with Crippen LogP contribution < -0.4 is 20.5 Å². The summed E-state index contributed by atoms with van der Waals surface area (Å²) in [4.78, 5) is 27.9. The maximum absolute atomic E-state index is 13.0. The van der Waals surface area contributed by atoms with Crippen molar-refractivity contribution in [2.75, 3.05) is 29.9 Å². The number of nitrogens with zero attached hydrogens (tertiary/aromatic N) is 3. The van der Waals surface area contributed by atoms with Gasteiger partial charge in [0.1, 0.15) is 12.3 Å². The lowest BCUT2D eigenvalue weighted by Gasteiger charge is -2.32. The van der Waals surface area contributed by atoms with Gasteiger partial charge >= 0.3 is 0 Å². The van der Waals surface area contributed by atoms with Crippen LogP contribution in [0.25, 0.3) is 10.8 Å². The monoisotopic (exact) mass is 420 g/mol. The lowest BCUT2D eigenvalue weighted by atomic mass is 9.99. The van der Waals surface area contributed by atoms with Gasteiger partial charge < -0.3 is 15.0 Å². The molecule has 3 aromatic rings. The lowest BCUT2D eigenvalue weighted by molar-refractivity contribution is -0.117. The Balaban J connectivity index is 1.59. The van der Waals surface area contributed by atoms with Crippen molar-refractivity contribution in [3.8, 4) is 5.75 Å². The van der Waals surface area contributed by atoms with Crippen LogP contribution in [0.15, 0.2) is 53.3 Å².